The molecule has 0 aliphatic rings. The Hall–Kier alpha value is -0.980. The SMILES string of the molecule is CCCC(C)Cc1ccc(O)c(CC(C)CCC)c1. The average molecular weight is 262 g/mol. The molecular weight excluding hydrogens is 232 g/mol. The molecule has 0 saturated heterocycles. The summed E-state index contributed by atoms with van der Waals surface area (Å²) >= 11 is 0. The van der Waals surface area contributed by atoms with E-state index in [4.69, 9.17) is 0 Å². The van der Waals surface area contributed by atoms with Crippen LogP contribution < -0.4 is 0 Å². The zero-order valence-corrected chi connectivity index (χ0v) is 13.1. The Kier molecular flexibility index (Phi) is 6.97. The fourth-order valence-electron chi connectivity index (χ4n) is 2.90. The van der Waals surface area contributed by atoms with E-state index in [1.165, 1.54) is 31.2 Å². The van der Waals surface area contributed by atoms with Gasteiger partial charge in [0.1, 0.15) is 5.75 Å². The average Bonchev–Trinajstić information content (AvgIpc) is 2.34. The third-order valence-electron chi connectivity index (χ3n) is 3.86. The molecule has 0 saturated carbocycles. The van der Waals surface area contributed by atoms with Crippen LogP contribution in [0.3, 0.4) is 0 Å². The van der Waals surface area contributed by atoms with Crippen LogP contribution in [-0.4, -0.2) is 5.11 Å². The molecule has 1 aromatic carbocycles. The van der Waals surface area contributed by atoms with Gasteiger partial charge in [0.15, 0.2) is 0 Å². The number of hydrogen-bond acceptors (Lipinski definition) is 1. The molecule has 0 aromatic heterocycles. The highest BCUT2D eigenvalue weighted by atomic mass is 16.3. The molecule has 2 unspecified atom stereocenters. The zero-order chi connectivity index (χ0) is 14.3. The third-order valence-corrected chi connectivity index (χ3v) is 3.86. The highest BCUT2D eigenvalue weighted by molar-refractivity contribution is 5.36. The molecule has 0 aliphatic heterocycles. The first-order valence-corrected chi connectivity index (χ1v) is 7.87. The van der Waals surface area contributed by atoms with E-state index < -0.39 is 0 Å². The van der Waals surface area contributed by atoms with Gasteiger partial charge in [-0.25, -0.2) is 0 Å². The van der Waals surface area contributed by atoms with Crippen molar-refractivity contribution in [1.29, 1.82) is 0 Å². The molecule has 108 valence electrons. The number of phenols is 1. The molecule has 1 aromatic rings. The number of benzene rings is 1. The Morgan fingerprint density at radius 2 is 1.53 bits per heavy atom. The van der Waals surface area contributed by atoms with Gasteiger partial charge in [-0.05, 0) is 41.9 Å². The van der Waals surface area contributed by atoms with E-state index >= 15 is 0 Å². The molecule has 2 atom stereocenters. The van der Waals surface area contributed by atoms with Gasteiger partial charge < -0.3 is 5.11 Å². The van der Waals surface area contributed by atoms with E-state index in [9.17, 15) is 5.11 Å². The van der Waals surface area contributed by atoms with Crippen LogP contribution in [-0.2, 0) is 12.8 Å². The van der Waals surface area contributed by atoms with Gasteiger partial charge >= 0.3 is 0 Å². The quantitative estimate of drug-likeness (QED) is 0.669. The van der Waals surface area contributed by atoms with Crippen molar-refractivity contribution in [3.8, 4) is 5.75 Å². The second-order valence-corrected chi connectivity index (χ2v) is 6.16. The summed E-state index contributed by atoms with van der Waals surface area (Å²) in [7, 11) is 0. The predicted octanol–water partition coefficient (Wildman–Crippen LogP) is 5.35. The summed E-state index contributed by atoms with van der Waals surface area (Å²) in [6, 6.07) is 6.17. The van der Waals surface area contributed by atoms with Crippen LogP contribution in [0.25, 0.3) is 0 Å². The molecule has 0 bridgehead atoms. The van der Waals surface area contributed by atoms with E-state index in [2.05, 4.69) is 39.8 Å². The molecular formula is C18H30O. The fraction of sp³-hybridized carbons (Fsp3) is 0.667. The predicted molar refractivity (Wildman–Crippen MR) is 83.7 cm³/mol. The number of phenolic OH excluding ortho intramolecular Hbond substituents is 1. The van der Waals surface area contributed by atoms with Gasteiger partial charge in [-0.15, -0.1) is 0 Å². The van der Waals surface area contributed by atoms with Crippen molar-refractivity contribution in [2.24, 2.45) is 11.8 Å². The van der Waals surface area contributed by atoms with Gasteiger partial charge in [0, 0.05) is 0 Å². The minimum absolute atomic E-state index is 0.467. The van der Waals surface area contributed by atoms with Crippen molar-refractivity contribution in [2.75, 3.05) is 0 Å². The van der Waals surface area contributed by atoms with Crippen LogP contribution in [0, 0.1) is 11.8 Å². The van der Waals surface area contributed by atoms with Crippen molar-refractivity contribution >= 4 is 0 Å². The summed E-state index contributed by atoms with van der Waals surface area (Å²) in [5.74, 6) is 1.85. The number of hydrogen-bond donors (Lipinski definition) is 1. The molecule has 0 fully saturated rings. The summed E-state index contributed by atoms with van der Waals surface area (Å²) in [6.45, 7) is 9.05. The molecule has 0 spiro atoms. The highest BCUT2D eigenvalue weighted by Crippen LogP contribution is 2.25. The van der Waals surface area contributed by atoms with Crippen LogP contribution >= 0.6 is 0 Å². The molecule has 19 heavy (non-hydrogen) atoms. The molecule has 1 N–H and O–H groups in total. The second kappa shape index (κ2) is 8.24. The van der Waals surface area contributed by atoms with Crippen LogP contribution in [0.1, 0.15) is 64.5 Å². The Morgan fingerprint density at radius 1 is 0.947 bits per heavy atom. The molecule has 1 nitrogen and oxygen atoms in total. The summed E-state index contributed by atoms with van der Waals surface area (Å²) in [5.41, 5.74) is 2.50. The van der Waals surface area contributed by atoms with Crippen LogP contribution in [0.4, 0.5) is 0 Å². The van der Waals surface area contributed by atoms with E-state index in [1.807, 2.05) is 6.07 Å². The lowest BCUT2D eigenvalue weighted by molar-refractivity contribution is 0.452. The molecule has 1 rings (SSSR count). The Bertz CT molecular complexity index is 370. The maximum Gasteiger partial charge on any atom is 0.118 e. The second-order valence-electron chi connectivity index (χ2n) is 6.16. The Morgan fingerprint density at radius 3 is 2.11 bits per heavy atom. The molecule has 0 amide bonds. The van der Waals surface area contributed by atoms with Crippen molar-refractivity contribution < 1.29 is 5.11 Å². The largest absolute Gasteiger partial charge is 0.508 e. The van der Waals surface area contributed by atoms with E-state index in [-0.39, 0.29) is 0 Å². The monoisotopic (exact) mass is 262 g/mol. The van der Waals surface area contributed by atoms with Crippen LogP contribution in [0.5, 0.6) is 5.75 Å². The van der Waals surface area contributed by atoms with E-state index in [0.717, 1.165) is 24.3 Å². The first-order chi connectivity index (χ1) is 9.06. The van der Waals surface area contributed by atoms with Crippen molar-refractivity contribution in [3.63, 3.8) is 0 Å². The van der Waals surface area contributed by atoms with Gasteiger partial charge in [0.2, 0.25) is 0 Å². The minimum Gasteiger partial charge on any atom is -0.508 e. The maximum absolute atomic E-state index is 9.99. The van der Waals surface area contributed by atoms with Crippen LogP contribution in [0.15, 0.2) is 18.2 Å². The molecule has 0 aliphatic carbocycles. The van der Waals surface area contributed by atoms with Crippen molar-refractivity contribution in [3.05, 3.63) is 29.3 Å². The fourth-order valence-corrected chi connectivity index (χ4v) is 2.90. The maximum atomic E-state index is 9.99. The topological polar surface area (TPSA) is 20.2 Å². The lowest BCUT2D eigenvalue weighted by Crippen LogP contribution is -2.03. The van der Waals surface area contributed by atoms with Gasteiger partial charge in [0.25, 0.3) is 0 Å². The van der Waals surface area contributed by atoms with E-state index in [0.29, 0.717) is 11.7 Å². The first kappa shape index (κ1) is 16.1. The van der Waals surface area contributed by atoms with Gasteiger partial charge in [-0.1, -0.05) is 65.5 Å². The van der Waals surface area contributed by atoms with Gasteiger partial charge in [-0.3, -0.25) is 0 Å². The Labute approximate surface area is 119 Å². The summed E-state index contributed by atoms with van der Waals surface area (Å²) < 4.78 is 0. The van der Waals surface area contributed by atoms with Crippen molar-refractivity contribution in [1.82, 2.24) is 0 Å². The lowest BCUT2D eigenvalue weighted by atomic mass is 9.92. The zero-order valence-electron chi connectivity index (χ0n) is 13.1. The standard InChI is InChI=1S/C18H30O/c1-5-7-14(3)11-16-9-10-18(19)17(13-16)12-15(4)8-6-2/h9-10,13-15,19H,5-8,11-12H2,1-4H3. The first-order valence-electron chi connectivity index (χ1n) is 7.87. The minimum atomic E-state index is 0.467. The smallest absolute Gasteiger partial charge is 0.118 e. The highest BCUT2D eigenvalue weighted by Gasteiger charge is 2.09. The summed E-state index contributed by atoms with van der Waals surface area (Å²) in [6.07, 6.45) is 7.10. The summed E-state index contributed by atoms with van der Waals surface area (Å²) in [4.78, 5) is 0. The molecule has 1 heteroatoms. The Balaban J connectivity index is 2.70. The van der Waals surface area contributed by atoms with Gasteiger partial charge in [0.05, 0.1) is 0 Å². The third kappa shape index (κ3) is 5.67. The molecule has 0 heterocycles. The normalized spacial score (nSPS) is 14.3. The van der Waals surface area contributed by atoms with Crippen LogP contribution in [0.2, 0.25) is 0 Å². The molecule has 0 radical (unpaired) electrons. The lowest BCUT2D eigenvalue weighted by Gasteiger charge is -2.15. The van der Waals surface area contributed by atoms with Crippen molar-refractivity contribution in [2.45, 2.75) is 66.2 Å². The van der Waals surface area contributed by atoms with E-state index in [1.54, 1.807) is 0 Å². The number of aromatic hydroxyl groups is 1. The number of rotatable bonds is 8. The van der Waals surface area contributed by atoms with Gasteiger partial charge in [-0.2, -0.15) is 0 Å². The summed E-state index contributed by atoms with van der Waals surface area (Å²) in [5, 5.41) is 9.99.